The zero-order valence-electron chi connectivity index (χ0n) is 16.1. The van der Waals surface area contributed by atoms with Crippen LogP contribution < -0.4 is 0 Å². The Kier molecular flexibility index (Phi) is 3.42. The third-order valence-electron chi connectivity index (χ3n) is 6.56. The van der Waals surface area contributed by atoms with Crippen molar-refractivity contribution in [2.24, 2.45) is 0 Å². The number of benzene rings is 2. The molecule has 1 nitrogen and oxygen atoms in total. The van der Waals surface area contributed by atoms with Gasteiger partial charge in [-0.3, -0.25) is 0 Å². The lowest BCUT2D eigenvalue weighted by molar-refractivity contribution is 0.778. The molecule has 1 aliphatic rings. The number of para-hydroxylation sites is 2. The van der Waals surface area contributed by atoms with Gasteiger partial charge in [0.2, 0.25) is 0 Å². The summed E-state index contributed by atoms with van der Waals surface area (Å²) in [6.07, 6.45) is 0. The number of aromatic nitrogens is 1. The topological polar surface area (TPSA) is 4.93 Å². The number of fused-ring (bicyclic) bond motifs is 3. The van der Waals surface area contributed by atoms with Crippen LogP contribution in [0.1, 0.15) is 32.0 Å². The van der Waals surface area contributed by atoms with Gasteiger partial charge in [-0.25, -0.2) is 0 Å². The first-order valence-corrected chi connectivity index (χ1v) is 12.7. The highest BCUT2D eigenvalue weighted by Crippen LogP contribution is 2.54. The van der Waals surface area contributed by atoms with E-state index in [0.717, 1.165) is 0 Å². The van der Waals surface area contributed by atoms with E-state index < -0.39 is 8.07 Å². The molecule has 0 N–H and O–H groups in total. The average Bonchev–Trinajstić information content (AvgIpc) is 3.03. The van der Waals surface area contributed by atoms with Crippen LogP contribution >= 0.6 is 0 Å². The molecule has 0 spiro atoms. The molecular weight excluding hydrogens is 318 g/mol. The van der Waals surface area contributed by atoms with Gasteiger partial charge in [-0.1, -0.05) is 68.5 Å². The summed E-state index contributed by atoms with van der Waals surface area (Å²) in [5.41, 5.74) is 8.59. The Morgan fingerprint density at radius 2 is 1.44 bits per heavy atom. The lowest BCUT2D eigenvalue weighted by Gasteiger charge is -2.40. The second kappa shape index (κ2) is 5.22. The van der Waals surface area contributed by atoms with Gasteiger partial charge in [-0.2, -0.15) is 0 Å². The first-order chi connectivity index (χ1) is 11.8. The van der Waals surface area contributed by atoms with Crippen molar-refractivity contribution in [3.63, 3.8) is 0 Å². The second-order valence-electron chi connectivity index (χ2n) is 8.54. The number of hydrogen-bond acceptors (Lipinski definition) is 0. The summed E-state index contributed by atoms with van der Waals surface area (Å²) in [7, 11) is -1.48. The monoisotopic (exact) mass is 345 g/mol. The van der Waals surface area contributed by atoms with Crippen LogP contribution in [0.25, 0.3) is 22.2 Å². The molecule has 3 aromatic rings. The molecule has 0 amide bonds. The van der Waals surface area contributed by atoms with Gasteiger partial charge in [-0.15, -0.1) is 0 Å². The van der Waals surface area contributed by atoms with E-state index in [0.29, 0.717) is 0 Å². The molecule has 1 atom stereocenters. The highest BCUT2D eigenvalue weighted by molar-refractivity contribution is 6.80. The molecular formula is C23H27NSi. The van der Waals surface area contributed by atoms with Gasteiger partial charge < -0.3 is 4.57 Å². The molecule has 0 radical (unpaired) electrons. The van der Waals surface area contributed by atoms with Crippen LogP contribution in [-0.4, -0.2) is 12.6 Å². The molecule has 2 heteroatoms. The molecule has 0 bridgehead atoms. The minimum absolute atomic E-state index is 0.173. The molecule has 1 unspecified atom stereocenters. The summed E-state index contributed by atoms with van der Waals surface area (Å²) in [5, 5.41) is 1.59. The van der Waals surface area contributed by atoms with Crippen molar-refractivity contribution in [2.45, 2.75) is 45.5 Å². The zero-order valence-corrected chi connectivity index (χ0v) is 17.1. The fourth-order valence-electron chi connectivity index (χ4n) is 4.62. The van der Waals surface area contributed by atoms with Crippen molar-refractivity contribution in [2.75, 3.05) is 0 Å². The zero-order chi connectivity index (χ0) is 18.0. The van der Waals surface area contributed by atoms with Gasteiger partial charge in [0.15, 0.2) is 0 Å². The Morgan fingerprint density at radius 3 is 2.08 bits per heavy atom. The lowest BCUT2D eigenvalue weighted by Crippen LogP contribution is -2.47. The smallest absolute Gasteiger partial charge is 0.0606 e. The minimum Gasteiger partial charge on any atom is -0.309 e. The number of nitrogens with zero attached hydrogens (tertiary/aromatic N) is 1. The highest BCUT2D eigenvalue weighted by atomic mass is 28.3. The Morgan fingerprint density at radius 1 is 0.840 bits per heavy atom. The molecule has 4 rings (SSSR count). The quantitative estimate of drug-likeness (QED) is 0.463. The van der Waals surface area contributed by atoms with Gasteiger partial charge in [-0.05, 0) is 43.2 Å². The fourth-order valence-corrected chi connectivity index (χ4v) is 6.94. The highest BCUT2D eigenvalue weighted by Gasteiger charge is 2.50. The predicted octanol–water partition coefficient (Wildman–Crippen LogP) is 6.57. The molecule has 1 aromatic heterocycles. The van der Waals surface area contributed by atoms with E-state index in [2.05, 4.69) is 99.6 Å². The van der Waals surface area contributed by atoms with E-state index >= 15 is 0 Å². The van der Waals surface area contributed by atoms with Crippen molar-refractivity contribution in [1.29, 1.82) is 0 Å². The molecule has 0 saturated carbocycles. The predicted molar refractivity (Wildman–Crippen MR) is 112 cm³/mol. The maximum absolute atomic E-state index is 2.51. The van der Waals surface area contributed by atoms with Crippen molar-refractivity contribution in [3.8, 4) is 5.69 Å². The molecule has 0 saturated heterocycles. The lowest BCUT2D eigenvalue weighted by atomic mass is 9.96. The summed E-state index contributed by atoms with van der Waals surface area (Å²) >= 11 is 0. The van der Waals surface area contributed by atoms with E-state index in [4.69, 9.17) is 0 Å². The van der Waals surface area contributed by atoms with Crippen LogP contribution in [0.2, 0.25) is 19.6 Å². The van der Waals surface area contributed by atoms with Crippen molar-refractivity contribution in [1.82, 2.24) is 4.57 Å². The van der Waals surface area contributed by atoms with Crippen LogP contribution in [0.4, 0.5) is 0 Å². The van der Waals surface area contributed by atoms with E-state index in [-0.39, 0.29) is 5.04 Å². The van der Waals surface area contributed by atoms with Crippen molar-refractivity contribution < 1.29 is 0 Å². The van der Waals surface area contributed by atoms with E-state index in [1.165, 1.54) is 27.9 Å². The normalized spacial score (nSPS) is 20.4. The molecule has 0 fully saturated rings. The second-order valence-corrected chi connectivity index (χ2v) is 14.0. The molecule has 128 valence electrons. The Bertz CT molecular complexity index is 1000. The Labute approximate surface area is 152 Å². The Balaban J connectivity index is 2.20. The summed E-state index contributed by atoms with van der Waals surface area (Å²) < 4.78 is 2.48. The molecule has 1 heterocycles. The van der Waals surface area contributed by atoms with E-state index in [9.17, 15) is 0 Å². The van der Waals surface area contributed by atoms with E-state index in [1.807, 2.05) is 0 Å². The fraction of sp³-hybridized carbons (Fsp3) is 0.304. The third kappa shape index (κ3) is 2.01. The SMILES string of the molecule is CC1=C(C)C(C)([Si](C)(C)C)c2c1n(-c1ccccc1)c1ccccc21. The Hall–Kier alpha value is -2.06. The van der Waals surface area contributed by atoms with Crippen molar-refractivity contribution >= 4 is 24.5 Å². The average molecular weight is 346 g/mol. The van der Waals surface area contributed by atoms with Crippen LogP contribution in [0, 0.1) is 0 Å². The largest absolute Gasteiger partial charge is 0.309 e. The van der Waals surface area contributed by atoms with Gasteiger partial charge in [0.1, 0.15) is 0 Å². The molecule has 2 aromatic carbocycles. The van der Waals surface area contributed by atoms with Crippen molar-refractivity contribution in [3.05, 3.63) is 71.4 Å². The number of allylic oxidation sites excluding steroid dienone is 2. The minimum atomic E-state index is -1.48. The van der Waals surface area contributed by atoms with Gasteiger partial charge in [0, 0.05) is 16.1 Å². The number of rotatable bonds is 2. The van der Waals surface area contributed by atoms with Crippen LogP contribution in [0.15, 0.2) is 60.2 Å². The van der Waals surface area contributed by atoms with E-state index in [1.54, 1.807) is 11.1 Å². The summed E-state index contributed by atoms with van der Waals surface area (Å²) in [6.45, 7) is 14.7. The van der Waals surface area contributed by atoms with Gasteiger partial charge in [0.05, 0.1) is 19.3 Å². The first kappa shape index (κ1) is 16.4. The van der Waals surface area contributed by atoms with Crippen LogP contribution in [0.5, 0.6) is 0 Å². The van der Waals surface area contributed by atoms with Gasteiger partial charge >= 0.3 is 0 Å². The maximum Gasteiger partial charge on any atom is 0.0606 e. The standard InChI is InChI=1S/C23H27NSi/c1-16-17(2)23(3,25(4,5)6)21-19-14-10-11-15-20(19)24(22(16)21)18-12-8-7-9-13-18/h7-15H,1-6H3. The van der Waals surface area contributed by atoms with Gasteiger partial charge in [0.25, 0.3) is 0 Å². The first-order valence-electron chi connectivity index (χ1n) is 9.16. The molecule has 0 aliphatic heterocycles. The summed E-state index contributed by atoms with van der Waals surface area (Å²) in [6, 6.07) is 19.7. The molecule has 1 aliphatic carbocycles. The number of hydrogen-bond donors (Lipinski definition) is 0. The summed E-state index contributed by atoms with van der Waals surface area (Å²) in [4.78, 5) is 0. The third-order valence-corrected chi connectivity index (χ3v) is 10.2. The molecule has 25 heavy (non-hydrogen) atoms. The van der Waals surface area contributed by atoms with Crippen LogP contribution in [-0.2, 0) is 5.04 Å². The summed E-state index contributed by atoms with van der Waals surface area (Å²) in [5.74, 6) is 0. The van der Waals surface area contributed by atoms with Crippen LogP contribution in [0.3, 0.4) is 0 Å². The maximum atomic E-state index is 2.51.